The number of carbonyl (C=O) groups is 2. The van der Waals surface area contributed by atoms with E-state index in [9.17, 15) is 24.9 Å². The van der Waals surface area contributed by atoms with Crippen LogP contribution >= 0.6 is 11.8 Å². The van der Waals surface area contributed by atoms with Crippen molar-refractivity contribution in [3.8, 4) is 34.5 Å². The van der Waals surface area contributed by atoms with E-state index in [2.05, 4.69) is 20.1 Å². The number of thioether (sulfide) groups is 1. The molecule has 7 aliphatic rings. The predicted octanol–water partition coefficient (Wildman–Crippen LogP) is 3.93. The van der Waals surface area contributed by atoms with Crippen molar-refractivity contribution in [2.45, 2.75) is 74.8 Å². The number of benzene rings is 3. The molecule has 14 nitrogen and oxygen atoms in total. The highest BCUT2D eigenvalue weighted by molar-refractivity contribution is 7.99. The molecule has 4 bridgehead atoms. The van der Waals surface area contributed by atoms with E-state index in [1.54, 1.807) is 19.2 Å². The number of nitrogens with one attached hydrogen (secondary N) is 2. The number of H-pyrrole nitrogens is 1. The number of nitrogens with zero attached hydrogens (tertiary/aromatic N) is 2. The number of ether oxygens (including phenoxy) is 5. The fraction of sp³-hybridized carbons (Fsp3) is 0.463. The van der Waals surface area contributed by atoms with E-state index < -0.39 is 41.1 Å². The van der Waals surface area contributed by atoms with E-state index in [0.717, 1.165) is 33.3 Å². The first-order chi connectivity index (χ1) is 26.9. The van der Waals surface area contributed by atoms with Crippen LogP contribution in [0.1, 0.15) is 68.9 Å². The number of carbonyl (C=O) groups excluding carboxylic acids is 2. The molecule has 2 fully saturated rings. The van der Waals surface area contributed by atoms with Crippen molar-refractivity contribution < 1.29 is 48.6 Å². The second-order valence-electron chi connectivity index (χ2n) is 15.8. The number of rotatable bonds is 2. The summed E-state index contributed by atoms with van der Waals surface area (Å²) in [5.41, 5.74) is 5.67. The second kappa shape index (κ2) is 12.7. The van der Waals surface area contributed by atoms with Gasteiger partial charge in [-0.2, -0.15) is 0 Å². The van der Waals surface area contributed by atoms with Crippen LogP contribution in [-0.2, 0) is 32.7 Å². The number of aromatic hydroxyl groups is 2. The van der Waals surface area contributed by atoms with Crippen molar-refractivity contribution in [1.29, 1.82) is 0 Å². The highest BCUT2D eigenvalue weighted by Crippen LogP contribution is 2.64. The Hall–Kier alpha value is -4.51. The Morgan fingerprint density at radius 1 is 1.09 bits per heavy atom. The lowest BCUT2D eigenvalue weighted by Crippen LogP contribution is -2.69. The third kappa shape index (κ3) is 4.81. The maximum Gasteiger partial charge on any atom is 0.308 e. The van der Waals surface area contributed by atoms with Crippen molar-refractivity contribution in [3.63, 3.8) is 0 Å². The van der Waals surface area contributed by atoms with Gasteiger partial charge in [0.1, 0.15) is 29.9 Å². The summed E-state index contributed by atoms with van der Waals surface area (Å²) >= 11 is 1.53. The first kappa shape index (κ1) is 35.9. The number of fused-ring (bicyclic) bond motifs is 12. The zero-order valence-electron chi connectivity index (χ0n) is 31.7. The van der Waals surface area contributed by atoms with Crippen LogP contribution in [0.15, 0.2) is 24.3 Å². The molecular weight excluding hydrogens is 741 g/mol. The number of esters is 1. The van der Waals surface area contributed by atoms with E-state index in [1.165, 1.54) is 18.7 Å². The van der Waals surface area contributed by atoms with E-state index in [-0.39, 0.29) is 49.1 Å². The molecule has 7 atom stereocenters. The molecule has 4 aromatic rings. The molecule has 0 saturated carbocycles. The van der Waals surface area contributed by atoms with Gasteiger partial charge in [0.2, 0.25) is 6.79 Å². The number of piperazine rings is 1. The molecule has 1 spiro atoms. The molecule has 15 heteroatoms. The monoisotopic (exact) mass is 784 g/mol. The molecule has 0 amide bonds. The van der Waals surface area contributed by atoms with Crippen LogP contribution in [0.5, 0.6) is 34.5 Å². The van der Waals surface area contributed by atoms with Crippen LogP contribution < -0.4 is 24.3 Å². The largest absolute Gasteiger partial charge is 0.508 e. The van der Waals surface area contributed by atoms with Crippen LogP contribution in [0, 0.1) is 13.8 Å². The highest BCUT2D eigenvalue weighted by Gasteiger charge is 2.61. The molecule has 1 unspecified atom stereocenters. The van der Waals surface area contributed by atoms with Crippen molar-refractivity contribution in [2.75, 3.05) is 46.5 Å². The average Bonchev–Trinajstić information content (AvgIpc) is 3.80. The van der Waals surface area contributed by atoms with Gasteiger partial charge in [0.25, 0.3) is 0 Å². The normalized spacial score (nSPS) is 29.4. The number of hydrogen-bond donors (Lipinski definition) is 5. The number of methoxy groups -OCH3 is 1. The Bertz CT molecular complexity index is 2360. The molecule has 2 saturated heterocycles. The van der Waals surface area contributed by atoms with Crippen molar-refractivity contribution in [1.82, 2.24) is 20.1 Å². The molecule has 294 valence electrons. The number of aromatic nitrogens is 1. The molecule has 0 aliphatic carbocycles. The number of aromatic amines is 1. The molecule has 3 aromatic carbocycles. The van der Waals surface area contributed by atoms with Crippen molar-refractivity contribution in [3.05, 3.63) is 68.9 Å². The fourth-order valence-corrected chi connectivity index (χ4v) is 12.4. The van der Waals surface area contributed by atoms with Gasteiger partial charge in [-0.15, -0.1) is 11.8 Å². The molecule has 7 aliphatic heterocycles. The molecular formula is C41H44N4O10S. The van der Waals surface area contributed by atoms with Gasteiger partial charge in [0.15, 0.2) is 28.8 Å². The van der Waals surface area contributed by atoms with Gasteiger partial charge >= 0.3 is 5.97 Å². The third-order valence-corrected chi connectivity index (χ3v) is 14.4. The number of phenolic OH excluding ortho intramolecular Hbond substituents is 2. The van der Waals surface area contributed by atoms with E-state index in [0.29, 0.717) is 64.6 Å². The number of likely N-dealkylation sites (N-methyl/N-ethyl adjacent to an activating group) is 1. The number of aryl methyl sites for hydroxylation is 1. The minimum absolute atomic E-state index is 0.00914. The Balaban J connectivity index is 1.24. The van der Waals surface area contributed by atoms with Crippen LogP contribution in [-0.4, -0.2) is 107 Å². The maximum atomic E-state index is 14.8. The topological polar surface area (TPSA) is 175 Å². The maximum absolute atomic E-state index is 14.8. The fourth-order valence-electron chi connectivity index (χ4n) is 10.6. The van der Waals surface area contributed by atoms with E-state index in [1.807, 2.05) is 33.0 Å². The first-order valence-electron chi connectivity index (χ1n) is 19.0. The van der Waals surface area contributed by atoms with Crippen LogP contribution in [0.3, 0.4) is 0 Å². The molecule has 56 heavy (non-hydrogen) atoms. The summed E-state index contributed by atoms with van der Waals surface area (Å²) in [4.78, 5) is 35.6. The lowest BCUT2D eigenvalue weighted by atomic mass is 9.73. The van der Waals surface area contributed by atoms with Gasteiger partial charge in [-0.1, -0.05) is 6.07 Å². The van der Waals surface area contributed by atoms with Gasteiger partial charge in [-0.05, 0) is 68.6 Å². The Morgan fingerprint density at radius 3 is 2.68 bits per heavy atom. The average molecular weight is 785 g/mol. The lowest BCUT2D eigenvalue weighted by molar-refractivity contribution is -0.181. The van der Waals surface area contributed by atoms with Gasteiger partial charge in [0.05, 0.1) is 37.1 Å². The number of aliphatic hydroxyl groups excluding tert-OH is 1. The zero-order chi connectivity index (χ0) is 38.9. The van der Waals surface area contributed by atoms with Gasteiger partial charge < -0.3 is 44.0 Å². The summed E-state index contributed by atoms with van der Waals surface area (Å²) in [6.45, 7) is 5.34. The molecule has 5 N–H and O–H groups in total. The van der Waals surface area contributed by atoms with Crippen LogP contribution in [0.4, 0.5) is 0 Å². The van der Waals surface area contributed by atoms with Crippen LogP contribution in [0.2, 0.25) is 0 Å². The molecule has 0 radical (unpaired) electrons. The second-order valence-corrected chi connectivity index (χ2v) is 16.9. The Morgan fingerprint density at radius 2 is 1.89 bits per heavy atom. The van der Waals surface area contributed by atoms with Gasteiger partial charge in [-0.3, -0.25) is 24.7 Å². The smallest absolute Gasteiger partial charge is 0.308 e. The molecule has 11 rings (SSSR count). The summed E-state index contributed by atoms with van der Waals surface area (Å²) in [5, 5.41) is 39.1. The molecule has 1 aromatic heterocycles. The number of hydrogen-bond acceptors (Lipinski definition) is 14. The van der Waals surface area contributed by atoms with Crippen molar-refractivity contribution >= 4 is 34.4 Å². The zero-order valence-corrected chi connectivity index (χ0v) is 32.5. The summed E-state index contributed by atoms with van der Waals surface area (Å²) in [6.07, 6.45) is 0.102. The quantitative estimate of drug-likeness (QED) is 0.146. The standard InChI is InChI=1S/C41H44N4O10S/c1-17-10-20-11-25-40(50)45-26-13-52-14-27(48)41(39-22(8-9-42-41)23-12-21(47)6-7-24(23)43-39)15-56-38(32(45)31(44(25)4)28(20)33(49)34(17)51-5)30-29(26)37-36(53-16-54-37)18(2)35(30)55-19(3)46/h6-7,10,12,25-26,31-32,38,40,42-43,47,49-50H,8-9,11,13-16H2,1-5H3/t25-,26-,31+,32?,38+,40-,41-/m0/s1. The Labute approximate surface area is 327 Å². The van der Waals surface area contributed by atoms with Crippen molar-refractivity contribution in [2.24, 2.45) is 0 Å². The summed E-state index contributed by atoms with van der Waals surface area (Å²) < 4.78 is 30.7. The minimum Gasteiger partial charge on any atom is -0.508 e. The number of aliphatic hydroxyl groups is 1. The highest BCUT2D eigenvalue weighted by atomic mass is 32.2. The van der Waals surface area contributed by atoms with E-state index in [4.69, 9.17) is 23.7 Å². The summed E-state index contributed by atoms with van der Waals surface area (Å²) in [6, 6.07) is 5.14. The lowest BCUT2D eigenvalue weighted by Gasteiger charge is -2.61. The van der Waals surface area contributed by atoms with Crippen LogP contribution in [0.25, 0.3) is 10.9 Å². The number of ketones is 1. The van der Waals surface area contributed by atoms with Gasteiger partial charge in [-0.25, -0.2) is 0 Å². The minimum atomic E-state index is -1.23. The predicted molar refractivity (Wildman–Crippen MR) is 205 cm³/mol. The van der Waals surface area contributed by atoms with Gasteiger partial charge in [0, 0.05) is 64.1 Å². The first-order valence-corrected chi connectivity index (χ1v) is 20.0. The third-order valence-electron chi connectivity index (χ3n) is 13.0. The SMILES string of the molecule is COc1c(C)cc2c(c1O)[C@@H]1C3[C@@H]4SC[C@]5(NCCc6c5[nH]c5ccc(O)cc65)C(=O)COC[C@@H](c5c6c(c(C)c(OC(C)=O)c54)OCO6)N3[C@@H](O)[C@H](C2)N1C. The van der Waals surface area contributed by atoms with E-state index >= 15 is 0 Å². The molecule has 8 heterocycles. The summed E-state index contributed by atoms with van der Waals surface area (Å²) in [7, 11) is 3.52. The Kier molecular flexibility index (Phi) is 8.17. The number of Topliss-reactive ketones (excluding diaryl/α,β-unsaturated/α-hetero) is 1. The number of phenols is 2. The summed E-state index contributed by atoms with van der Waals surface area (Å²) in [5.74, 6) is 1.43.